The largest absolute Gasteiger partial charge is 0.306 e. The second kappa shape index (κ2) is 4.43. The first-order valence-corrected chi connectivity index (χ1v) is 7.14. The van der Waals surface area contributed by atoms with Gasteiger partial charge in [-0.15, -0.1) is 0 Å². The van der Waals surface area contributed by atoms with Crippen molar-refractivity contribution in [3.8, 4) is 0 Å². The molecule has 0 N–H and O–H groups in total. The predicted molar refractivity (Wildman–Crippen MR) is 74.1 cm³/mol. The summed E-state index contributed by atoms with van der Waals surface area (Å²) in [6, 6.07) is 9.85. The number of hydrogen-bond acceptors (Lipinski definition) is 1. The molecule has 0 aromatic heterocycles. The van der Waals surface area contributed by atoms with Crippen LogP contribution in [-0.2, 0) is 4.79 Å². The SMILES string of the molecule is O=C1N(c2ccccc2)[C@@H]2CCCC[C@@H]2C1(Cl)Cl. The van der Waals surface area contributed by atoms with Crippen molar-refractivity contribution in [3.05, 3.63) is 30.3 Å². The zero-order valence-corrected chi connectivity index (χ0v) is 11.5. The molecule has 0 bridgehead atoms. The summed E-state index contributed by atoms with van der Waals surface area (Å²) in [5, 5.41) is 0. The van der Waals surface area contributed by atoms with Crippen LogP contribution in [0.4, 0.5) is 5.69 Å². The average Bonchev–Trinajstić information content (AvgIpc) is 2.60. The summed E-state index contributed by atoms with van der Waals surface area (Å²) in [4.78, 5) is 14.3. The Morgan fingerprint density at radius 2 is 1.78 bits per heavy atom. The normalized spacial score (nSPS) is 30.3. The number of anilines is 1. The van der Waals surface area contributed by atoms with Crippen LogP contribution in [0.2, 0.25) is 0 Å². The summed E-state index contributed by atoms with van der Waals surface area (Å²) in [5.74, 6) is -0.101. The number of nitrogens with zero attached hydrogens (tertiary/aromatic N) is 1. The minimum Gasteiger partial charge on any atom is -0.306 e. The highest BCUT2D eigenvalue weighted by atomic mass is 35.5. The molecule has 0 spiro atoms. The molecule has 1 aliphatic carbocycles. The fourth-order valence-electron chi connectivity index (χ4n) is 3.21. The van der Waals surface area contributed by atoms with Gasteiger partial charge in [-0.2, -0.15) is 0 Å². The lowest BCUT2D eigenvalue weighted by atomic mass is 9.84. The quantitative estimate of drug-likeness (QED) is 0.719. The number of fused-ring (bicyclic) bond motifs is 1. The third kappa shape index (κ3) is 1.74. The van der Waals surface area contributed by atoms with Crippen LogP contribution in [0.3, 0.4) is 0 Å². The molecule has 0 unspecified atom stereocenters. The van der Waals surface area contributed by atoms with Crippen LogP contribution < -0.4 is 4.90 Å². The zero-order chi connectivity index (χ0) is 12.8. The molecule has 2 aliphatic rings. The third-order valence-electron chi connectivity index (χ3n) is 4.07. The van der Waals surface area contributed by atoms with Crippen LogP contribution >= 0.6 is 23.2 Å². The maximum atomic E-state index is 12.5. The minimum absolute atomic E-state index is 0.0577. The van der Waals surface area contributed by atoms with E-state index in [1.165, 1.54) is 0 Å². The number of halogens is 2. The lowest BCUT2D eigenvalue weighted by Crippen LogP contribution is -2.36. The van der Waals surface area contributed by atoms with E-state index in [1.807, 2.05) is 35.2 Å². The highest BCUT2D eigenvalue weighted by Gasteiger charge is 2.58. The average molecular weight is 284 g/mol. The first-order valence-electron chi connectivity index (χ1n) is 6.39. The van der Waals surface area contributed by atoms with Gasteiger partial charge in [0.15, 0.2) is 0 Å². The Hall–Kier alpha value is -0.730. The third-order valence-corrected chi connectivity index (χ3v) is 4.95. The Morgan fingerprint density at radius 3 is 2.50 bits per heavy atom. The summed E-state index contributed by atoms with van der Waals surface area (Å²) in [5.41, 5.74) is 0.905. The number of hydrogen-bond donors (Lipinski definition) is 0. The summed E-state index contributed by atoms with van der Waals surface area (Å²) < 4.78 is -1.25. The highest BCUT2D eigenvalue weighted by molar-refractivity contribution is 6.60. The van der Waals surface area contributed by atoms with Gasteiger partial charge >= 0.3 is 0 Å². The van der Waals surface area contributed by atoms with E-state index >= 15 is 0 Å². The molecule has 1 aromatic rings. The number of amides is 1. The van der Waals surface area contributed by atoms with Crippen LogP contribution in [0.15, 0.2) is 30.3 Å². The fourth-order valence-corrected chi connectivity index (χ4v) is 3.90. The molecule has 4 heteroatoms. The summed E-state index contributed by atoms with van der Waals surface area (Å²) >= 11 is 12.6. The zero-order valence-electron chi connectivity index (χ0n) is 9.98. The van der Waals surface area contributed by atoms with Crippen molar-refractivity contribution in [2.75, 3.05) is 4.90 Å². The van der Waals surface area contributed by atoms with Gasteiger partial charge in [0.1, 0.15) is 0 Å². The number of carbonyl (C=O) groups excluding carboxylic acids is 1. The topological polar surface area (TPSA) is 20.3 Å². The van der Waals surface area contributed by atoms with Gasteiger partial charge in [-0.05, 0) is 25.0 Å². The standard InChI is InChI=1S/C14H15Cl2NO/c15-14(16)11-8-4-5-9-12(11)17(13(14)18)10-6-2-1-3-7-10/h1-3,6-7,11-12H,4-5,8-9H2/t11-,12+/m0/s1. The molecule has 1 amide bonds. The van der Waals surface area contributed by atoms with Crippen LogP contribution in [0, 0.1) is 5.92 Å². The highest BCUT2D eigenvalue weighted by Crippen LogP contribution is 2.50. The van der Waals surface area contributed by atoms with Gasteiger partial charge in [0, 0.05) is 17.6 Å². The number of rotatable bonds is 1. The van der Waals surface area contributed by atoms with Crippen LogP contribution in [0.1, 0.15) is 25.7 Å². The Bertz CT molecular complexity index is 460. The number of benzene rings is 1. The molecular weight excluding hydrogens is 269 g/mol. The molecule has 2 atom stereocenters. The Labute approximate surface area is 117 Å². The predicted octanol–water partition coefficient (Wildman–Crippen LogP) is 3.77. The Balaban J connectivity index is 2.02. The van der Waals surface area contributed by atoms with Crippen LogP contribution in [0.5, 0.6) is 0 Å². The molecule has 3 rings (SSSR count). The minimum atomic E-state index is -1.25. The number of alkyl halides is 2. The van der Waals surface area contributed by atoms with E-state index in [2.05, 4.69) is 0 Å². The van der Waals surface area contributed by atoms with Gasteiger partial charge in [0.2, 0.25) is 4.33 Å². The van der Waals surface area contributed by atoms with E-state index in [0.717, 1.165) is 31.4 Å². The van der Waals surface area contributed by atoms with E-state index in [0.29, 0.717) is 0 Å². The molecule has 1 aliphatic heterocycles. The summed E-state index contributed by atoms with van der Waals surface area (Å²) in [6.07, 6.45) is 4.18. The van der Waals surface area contributed by atoms with Gasteiger partial charge in [0.25, 0.3) is 5.91 Å². The van der Waals surface area contributed by atoms with Crippen LogP contribution in [-0.4, -0.2) is 16.3 Å². The van der Waals surface area contributed by atoms with Crippen molar-refractivity contribution < 1.29 is 4.79 Å². The van der Waals surface area contributed by atoms with E-state index in [1.54, 1.807) is 0 Å². The van der Waals surface area contributed by atoms with Crippen molar-refractivity contribution in [2.45, 2.75) is 36.1 Å². The van der Waals surface area contributed by atoms with E-state index < -0.39 is 4.33 Å². The lowest BCUT2D eigenvalue weighted by Gasteiger charge is -2.32. The smallest absolute Gasteiger partial charge is 0.264 e. The van der Waals surface area contributed by atoms with Gasteiger partial charge in [0.05, 0.1) is 0 Å². The molecule has 96 valence electrons. The summed E-state index contributed by atoms with van der Waals surface area (Å²) in [6.45, 7) is 0. The first-order chi connectivity index (χ1) is 8.62. The molecule has 2 nitrogen and oxygen atoms in total. The van der Waals surface area contributed by atoms with Gasteiger partial charge in [-0.1, -0.05) is 54.2 Å². The second-order valence-electron chi connectivity index (χ2n) is 5.09. The van der Waals surface area contributed by atoms with Gasteiger partial charge in [-0.25, -0.2) is 0 Å². The monoisotopic (exact) mass is 283 g/mol. The van der Waals surface area contributed by atoms with Gasteiger partial charge in [-0.3, -0.25) is 4.79 Å². The molecule has 2 fully saturated rings. The molecule has 1 heterocycles. The summed E-state index contributed by atoms with van der Waals surface area (Å²) in [7, 11) is 0. The van der Waals surface area contributed by atoms with Crippen molar-refractivity contribution >= 4 is 34.8 Å². The molecule has 18 heavy (non-hydrogen) atoms. The second-order valence-corrected chi connectivity index (χ2v) is 6.48. The van der Waals surface area contributed by atoms with Crippen molar-refractivity contribution in [2.24, 2.45) is 5.92 Å². The molecular formula is C14H15Cl2NO. The van der Waals surface area contributed by atoms with E-state index in [-0.39, 0.29) is 17.9 Å². The van der Waals surface area contributed by atoms with Crippen LogP contribution in [0.25, 0.3) is 0 Å². The molecule has 1 aromatic carbocycles. The molecule has 0 radical (unpaired) electrons. The van der Waals surface area contributed by atoms with Gasteiger partial charge < -0.3 is 4.90 Å². The fraction of sp³-hybridized carbons (Fsp3) is 0.500. The Kier molecular flexibility index (Phi) is 3.03. The number of carbonyl (C=O) groups is 1. The molecule has 1 saturated carbocycles. The lowest BCUT2D eigenvalue weighted by molar-refractivity contribution is -0.118. The Morgan fingerprint density at radius 1 is 1.11 bits per heavy atom. The maximum absolute atomic E-state index is 12.5. The number of para-hydroxylation sites is 1. The van der Waals surface area contributed by atoms with E-state index in [4.69, 9.17) is 23.2 Å². The van der Waals surface area contributed by atoms with E-state index in [9.17, 15) is 4.79 Å². The first kappa shape index (κ1) is 12.3. The molecule has 1 saturated heterocycles. The maximum Gasteiger partial charge on any atom is 0.264 e. The van der Waals surface area contributed by atoms with Crippen molar-refractivity contribution in [1.29, 1.82) is 0 Å². The van der Waals surface area contributed by atoms with Crippen molar-refractivity contribution in [1.82, 2.24) is 0 Å². The van der Waals surface area contributed by atoms with Crippen molar-refractivity contribution in [3.63, 3.8) is 0 Å².